The second-order valence-electron chi connectivity index (χ2n) is 10.2. The molecule has 0 radical (unpaired) electrons. The molecule has 4 fully saturated rings. The summed E-state index contributed by atoms with van der Waals surface area (Å²) in [7, 11) is 0. The molecule has 4 saturated carbocycles. The summed E-state index contributed by atoms with van der Waals surface area (Å²) in [6.07, 6.45) is 9.76. The van der Waals surface area contributed by atoms with Crippen LogP contribution in [-0.2, 0) is 9.53 Å². The third-order valence-electron chi connectivity index (χ3n) is 8.45. The summed E-state index contributed by atoms with van der Waals surface area (Å²) in [4.78, 5) is 12.3. The molecule has 1 N–H and O–H groups in total. The van der Waals surface area contributed by atoms with E-state index in [2.05, 4.69) is 27.7 Å². The fraction of sp³-hybridized carbons (Fsp3) is 0.741. The number of ether oxygens (including phenoxy) is 1. The van der Waals surface area contributed by atoms with E-state index in [4.69, 9.17) is 9.84 Å². The van der Waals surface area contributed by atoms with Gasteiger partial charge in [-0.05, 0) is 98.7 Å². The lowest BCUT2D eigenvalue weighted by molar-refractivity contribution is -0.214. The SMILES string of the molecule is CCC(C)C(=O)OC1(CC)C2CC3CC(C2)CC1C3.CCC(C)c1ccc(O)cc1. The molecule has 5 rings (SSSR count). The number of esters is 1. The van der Waals surface area contributed by atoms with E-state index in [1.54, 1.807) is 12.1 Å². The highest BCUT2D eigenvalue weighted by Gasteiger charge is 2.58. The Hall–Kier alpha value is -1.51. The van der Waals surface area contributed by atoms with E-state index in [9.17, 15) is 4.79 Å². The average molecular weight is 415 g/mol. The molecule has 3 nitrogen and oxygen atoms in total. The third-order valence-corrected chi connectivity index (χ3v) is 8.45. The molecule has 0 heterocycles. The molecule has 0 aromatic heterocycles. The van der Waals surface area contributed by atoms with Gasteiger partial charge in [-0.15, -0.1) is 0 Å². The van der Waals surface area contributed by atoms with Gasteiger partial charge in [-0.2, -0.15) is 0 Å². The minimum absolute atomic E-state index is 0.0526. The number of benzene rings is 1. The van der Waals surface area contributed by atoms with Gasteiger partial charge in [0.05, 0.1) is 5.92 Å². The van der Waals surface area contributed by atoms with Gasteiger partial charge in [0.15, 0.2) is 0 Å². The van der Waals surface area contributed by atoms with E-state index in [1.807, 2.05) is 19.1 Å². The number of hydrogen-bond acceptors (Lipinski definition) is 3. The number of carbonyl (C=O) groups excluding carboxylic acids is 1. The zero-order valence-electron chi connectivity index (χ0n) is 19.7. The Kier molecular flexibility index (Phi) is 7.52. The first-order valence-corrected chi connectivity index (χ1v) is 12.3. The summed E-state index contributed by atoms with van der Waals surface area (Å²) in [5.41, 5.74) is 1.19. The van der Waals surface area contributed by atoms with Gasteiger partial charge in [0.1, 0.15) is 11.4 Å². The second kappa shape index (κ2) is 9.75. The van der Waals surface area contributed by atoms with Gasteiger partial charge in [0.2, 0.25) is 0 Å². The van der Waals surface area contributed by atoms with Gasteiger partial charge in [-0.3, -0.25) is 4.79 Å². The van der Waals surface area contributed by atoms with Crippen molar-refractivity contribution < 1.29 is 14.6 Å². The van der Waals surface area contributed by atoms with Crippen LogP contribution in [0.5, 0.6) is 5.75 Å². The highest BCUT2D eigenvalue weighted by Crippen LogP contribution is 2.60. The van der Waals surface area contributed by atoms with Crippen LogP contribution in [0.3, 0.4) is 0 Å². The fourth-order valence-corrected chi connectivity index (χ4v) is 6.29. The molecule has 3 heteroatoms. The quantitative estimate of drug-likeness (QED) is 0.506. The Bertz CT molecular complexity index is 665. The Balaban J connectivity index is 0.000000199. The molecule has 2 unspecified atom stereocenters. The molecule has 4 aliphatic carbocycles. The Morgan fingerprint density at radius 3 is 1.93 bits per heavy atom. The molecule has 2 atom stereocenters. The summed E-state index contributed by atoms with van der Waals surface area (Å²) in [6, 6.07) is 7.43. The largest absolute Gasteiger partial charge is 0.508 e. The first-order chi connectivity index (χ1) is 14.3. The first kappa shape index (κ1) is 23.2. The van der Waals surface area contributed by atoms with Crippen LogP contribution in [0.1, 0.15) is 97.5 Å². The Morgan fingerprint density at radius 2 is 1.50 bits per heavy atom. The monoisotopic (exact) mass is 414 g/mol. The zero-order chi connectivity index (χ0) is 21.9. The van der Waals surface area contributed by atoms with Crippen molar-refractivity contribution in [1.29, 1.82) is 0 Å². The number of aromatic hydroxyl groups is 1. The minimum Gasteiger partial charge on any atom is -0.508 e. The van der Waals surface area contributed by atoms with Gasteiger partial charge >= 0.3 is 5.97 Å². The Morgan fingerprint density at radius 1 is 0.967 bits per heavy atom. The van der Waals surface area contributed by atoms with Gasteiger partial charge < -0.3 is 9.84 Å². The highest BCUT2D eigenvalue weighted by atomic mass is 16.6. The number of phenolic OH excluding ortho intramolecular Hbond substituents is 1. The fourth-order valence-electron chi connectivity index (χ4n) is 6.29. The molecule has 1 aromatic rings. The summed E-state index contributed by atoms with van der Waals surface area (Å²) in [5, 5.41) is 9.01. The summed E-state index contributed by atoms with van der Waals surface area (Å²) >= 11 is 0. The van der Waals surface area contributed by atoms with Gasteiger partial charge in [-0.25, -0.2) is 0 Å². The molecule has 0 spiro atoms. The van der Waals surface area contributed by atoms with Crippen molar-refractivity contribution in [3.05, 3.63) is 29.8 Å². The van der Waals surface area contributed by atoms with Crippen LogP contribution in [0, 0.1) is 29.6 Å². The van der Waals surface area contributed by atoms with Crippen molar-refractivity contribution >= 4 is 5.97 Å². The molecule has 4 aliphatic rings. The predicted octanol–water partition coefficient (Wildman–Crippen LogP) is 7.09. The number of hydrogen-bond donors (Lipinski definition) is 1. The van der Waals surface area contributed by atoms with E-state index in [-0.39, 0.29) is 17.5 Å². The van der Waals surface area contributed by atoms with Crippen LogP contribution in [-0.4, -0.2) is 16.7 Å². The van der Waals surface area contributed by atoms with Crippen molar-refractivity contribution in [3.8, 4) is 5.75 Å². The highest BCUT2D eigenvalue weighted by molar-refractivity contribution is 5.72. The van der Waals surface area contributed by atoms with Gasteiger partial charge in [-0.1, -0.05) is 46.8 Å². The number of carbonyl (C=O) groups is 1. The van der Waals surface area contributed by atoms with Crippen molar-refractivity contribution in [1.82, 2.24) is 0 Å². The molecule has 1 aromatic carbocycles. The van der Waals surface area contributed by atoms with Crippen LogP contribution in [0.4, 0.5) is 0 Å². The number of phenols is 1. The molecular weight excluding hydrogens is 372 g/mol. The van der Waals surface area contributed by atoms with E-state index >= 15 is 0 Å². The first-order valence-electron chi connectivity index (χ1n) is 12.3. The smallest absolute Gasteiger partial charge is 0.309 e. The number of rotatable bonds is 6. The molecule has 0 amide bonds. The van der Waals surface area contributed by atoms with Crippen molar-refractivity contribution in [2.45, 2.75) is 97.5 Å². The minimum atomic E-state index is -0.103. The van der Waals surface area contributed by atoms with Crippen LogP contribution in [0.25, 0.3) is 0 Å². The molecule has 168 valence electrons. The van der Waals surface area contributed by atoms with E-state index in [1.165, 1.54) is 37.7 Å². The molecule has 4 bridgehead atoms. The van der Waals surface area contributed by atoms with Crippen molar-refractivity contribution in [2.75, 3.05) is 0 Å². The maximum atomic E-state index is 12.3. The summed E-state index contributed by atoms with van der Waals surface area (Å²) in [6.45, 7) is 10.7. The molecular formula is C27H42O3. The van der Waals surface area contributed by atoms with Crippen LogP contribution in [0.2, 0.25) is 0 Å². The lowest BCUT2D eigenvalue weighted by atomic mass is 9.49. The normalized spacial score (nSPS) is 33.4. The Labute approximate surface area is 183 Å². The van der Waals surface area contributed by atoms with Crippen LogP contribution in [0.15, 0.2) is 24.3 Å². The van der Waals surface area contributed by atoms with Crippen LogP contribution < -0.4 is 0 Å². The molecule has 0 saturated heterocycles. The van der Waals surface area contributed by atoms with Gasteiger partial charge in [0.25, 0.3) is 0 Å². The lowest BCUT2D eigenvalue weighted by Crippen LogP contribution is -2.59. The maximum Gasteiger partial charge on any atom is 0.309 e. The predicted molar refractivity (Wildman–Crippen MR) is 122 cm³/mol. The second-order valence-corrected chi connectivity index (χ2v) is 10.2. The zero-order valence-corrected chi connectivity index (χ0v) is 19.7. The van der Waals surface area contributed by atoms with Crippen molar-refractivity contribution in [3.63, 3.8) is 0 Å². The van der Waals surface area contributed by atoms with Crippen molar-refractivity contribution in [2.24, 2.45) is 29.6 Å². The van der Waals surface area contributed by atoms with E-state index in [0.717, 1.165) is 31.1 Å². The summed E-state index contributed by atoms with van der Waals surface area (Å²) in [5.74, 6) is 4.22. The van der Waals surface area contributed by atoms with E-state index < -0.39 is 0 Å². The molecule has 0 aliphatic heterocycles. The van der Waals surface area contributed by atoms with Crippen LogP contribution >= 0.6 is 0 Å². The van der Waals surface area contributed by atoms with E-state index in [0.29, 0.717) is 23.5 Å². The lowest BCUT2D eigenvalue weighted by Gasteiger charge is -2.60. The maximum absolute atomic E-state index is 12.3. The van der Waals surface area contributed by atoms with Gasteiger partial charge in [0, 0.05) is 0 Å². The topological polar surface area (TPSA) is 46.5 Å². The molecule has 30 heavy (non-hydrogen) atoms. The summed E-state index contributed by atoms with van der Waals surface area (Å²) < 4.78 is 6.18. The third kappa shape index (κ3) is 4.70. The standard InChI is InChI=1S/C17H28O2.C10H14O/c1-4-11(3)16(18)19-17(5-2)14-7-12-6-13(9-14)10-15(17)8-12;1-3-8(2)9-4-6-10(11)7-5-9/h11-15H,4-10H2,1-3H3;4-8,11H,3H2,1-2H3. The average Bonchev–Trinajstić information content (AvgIpc) is 2.75.